The molecule has 0 aromatic carbocycles. The molecule has 0 aliphatic heterocycles. The minimum Gasteiger partial charge on any atom is -0.339 e. The maximum Gasteiger partial charge on any atom is 0.000155 e. The molecule has 2 nitrogen and oxygen atoms in total. The van der Waals surface area contributed by atoms with Gasteiger partial charge in [-0.3, -0.25) is 4.99 Å². The van der Waals surface area contributed by atoms with Crippen molar-refractivity contribution in [2.24, 2.45) is 4.99 Å². The summed E-state index contributed by atoms with van der Waals surface area (Å²) in [5.74, 6) is 0.109. The van der Waals surface area contributed by atoms with Crippen LogP contribution in [-0.4, -0.2) is 12.1 Å². The number of hydrogen-bond donors (Lipinski definition) is 1. The molecule has 1 radical (unpaired) electrons. The quantitative estimate of drug-likeness (QED) is 0.205. The molecule has 0 spiro atoms. The standard InChI is InChI=1S/C4H7N2.C2H4.Nb/c1-3-6-4(2)5;1-2;/h3,5H,2H2,1H3;1-2H2;/q-1;;. The molecule has 0 rings (SSSR count). The van der Waals surface area contributed by atoms with Crippen LogP contribution in [0.3, 0.4) is 0 Å². The summed E-state index contributed by atoms with van der Waals surface area (Å²) in [4.78, 5) is 3.47. The summed E-state index contributed by atoms with van der Waals surface area (Å²) in [6, 6.07) is 0. The molecule has 0 fully saturated rings. The minimum atomic E-state index is 0. The van der Waals surface area contributed by atoms with Crippen molar-refractivity contribution >= 4 is 12.1 Å². The van der Waals surface area contributed by atoms with Gasteiger partial charge in [0.1, 0.15) is 0 Å². The van der Waals surface area contributed by atoms with Gasteiger partial charge in [-0.05, 0) is 12.8 Å². The second-order valence-corrected chi connectivity index (χ2v) is 0.834. The molecular formula is C6H11N2Nb-. The zero-order valence-corrected chi connectivity index (χ0v) is 7.79. The number of amidine groups is 1. The van der Waals surface area contributed by atoms with Crippen LogP contribution >= 0.6 is 0 Å². The summed E-state index contributed by atoms with van der Waals surface area (Å²) in [7, 11) is 0. The Morgan fingerprint density at radius 1 is 1.67 bits per heavy atom. The van der Waals surface area contributed by atoms with Crippen molar-refractivity contribution in [3.8, 4) is 0 Å². The summed E-state index contributed by atoms with van der Waals surface area (Å²) in [5, 5.41) is 6.59. The molecule has 0 atom stereocenters. The fourth-order valence-electron chi connectivity index (χ4n) is 0.156. The number of nitrogens with one attached hydrogen (secondary N) is 1. The van der Waals surface area contributed by atoms with Crippen LogP contribution in [-0.2, 0) is 22.4 Å². The summed E-state index contributed by atoms with van der Waals surface area (Å²) in [6.07, 6.45) is 1.54. The van der Waals surface area contributed by atoms with Gasteiger partial charge in [0.15, 0.2) is 0 Å². The Morgan fingerprint density at radius 3 is 2.00 bits per heavy atom. The first-order valence-electron chi connectivity index (χ1n) is 2.16. The van der Waals surface area contributed by atoms with Crippen molar-refractivity contribution in [1.29, 1.82) is 5.41 Å². The molecule has 9 heavy (non-hydrogen) atoms. The van der Waals surface area contributed by atoms with E-state index in [2.05, 4.69) is 25.1 Å². The van der Waals surface area contributed by atoms with E-state index in [4.69, 9.17) is 5.41 Å². The molecule has 1 N–H and O–H groups in total. The predicted octanol–water partition coefficient (Wildman–Crippen LogP) is 1.69. The average Bonchev–Trinajstić information content (AvgIpc) is 1.72. The SMILES string of the molecule is C=C.[CH2-]C(=N)N=CC.[Nb]. The van der Waals surface area contributed by atoms with E-state index in [0.29, 0.717) is 0 Å². The molecule has 0 aliphatic carbocycles. The molecule has 0 saturated heterocycles. The first kappa shape index (κ1) is 15.9. The molecule has 0 amide bonds. The van der Waals surface area contributed by atoms with Crippen molar-refractivity contribution in [3.63, 3.8) is 0 Å². The molecule has 0 heterocycles. The van der Waals surface area contributed by atoms with Crippen LogP contribution in [0.1, 0.15) is 6.92 Å². The molecule has 0 bridgehead atoms. The number of hydrogen-bond acceptors (Lipinski definition) is 1. The van der Waals surface area contributed by atoms with E-state index >= 15 is 0 Å². The summed E-state index contributed by atoms with van der Waals surface area (Å²) in [6.45, 7) is 11.0. The second-order valence-electron chi connectivity index (χ2n) is 0.834. The summed E-state index contributed by atoms with van der Waals surface area (Å²) in [5.41, 5.74) is 0. The van der Waals surface area contributed by atoms with Gasteiger partial charge >= 0.3 is 0 Å². The maximum absolute atomic E-state index is 6.59. The molecule has 3 heteroatoms. The van der Waals surface area contributed by atoms with Gasteiger partial charge in [0.2, 0.25) is 0 Å². The average molecular weight is 204 g/mol. The van der Waals surface area contributed by atoms with E-state index in [1.807, 2.05) is 0 Å². The monoisotopic (exact) mass is 204 g/mol. The molecule has 51 valence electrons. The van der Waals surface area contributed by atoms with E-state index in [0.717, 1.165) is 0 Å². The van der Waals surface area contributed by atoms with Gasteiger partial charge in [-0.25, -0.2) is 0 Å². The van der Waals surface area contributed by atoms with Crippen LogP contribution in [0.5, 0.6) is 0 Å². The fraction of sp³-hybridized carbons (Fsp3) is 0.167. The van der Waals surface area contributed by atoms with E-state index < -0.39 is 0 Å². The number of rotatable bonds is 0. The zero-order valence-electron chi connectivity index (χ0n) is 5.59. The van der Waals surface area contributed by atoms with E-state index in [9.17, 15) is 0 Å². The van der Waals surface area contributed by atoms with Gasteiger partial charge in [0.05, 0.1) is 0 Å². The van der Waals surface area contributed by atoms with Crippen molar-refractivity contribution < 1.29 is 22.4 Å². The van der Waals surface area contributed by atoms with E-state index in [-0.39, 0.29) is 28.2 Å². The maximum atomic E-state index is 6.59. The Balaban J connectivity index is -0.000000109. The van der Waals surface area contributed by atoms with Crippen LogP contribution in [0.15, 0.2) is 18.2 Å². The molecule has 0 saturated carbocycles. The second kappa shape index (κ2) is 15.6. The molecular weight excluding hydrogens is 193 g/mol. The normalized spacial score (nSPS) is 6.78. The summed E-state index contributed by atoms with van der Waals surface area (Å²) < 4.78 is 0. The molecule has 0 unspecified atom stereocenters. The Morgan fingerprint density at radius 2 is 2.00 bits per heavy atom. The Bertz CT molecular complexity index is 89.1. The summed E-state index contributed by atoms with van der Waals surface area (Å²) >= 11 is 0. The Labute approximate surface area is 72.1 Å². The van der Waals surface area contributed by atoms with Crippen molar-refractivity contribution in [2.75, 3.05) is 0 Å². The predicted molar refractivity (Wildman–Crippen MR) is 38.5 cm³/mol. The van der Waals surface area contributed by atoms with Crippen LogP contribution in [0, 0.1) is 12.3 Å². The van der Waals surface area contributed by atoms with Crippen molar-refractivity contribution in [3.05, 3.63) is 20.1 Å². The Kier molecular flexibility index (Phi) is 27.6. The van der Waals surface area contributed by atoms with Crippen LogP contribution < -0.4 is 0 Å². The smallest absolute Gasteiger partial charge is 0.000155 e. The van der Waals surface area contributed by atoms with Gasteiger partial charge in [0.25, 0.3) is 0 Å². The molecule has 0 aromatic heterocycles. The number of nitrogens with zero attached hydrogens (tertiary/aromatic N) is 1. The first-order valence-corrected chi connectivity index (χ1v) is 2.16. The third-order valence-corrected chi connectivity index (χ3v) is 0.285. The molecule has 0 aromatic rings. The van der Waals surface area contributed by atoms with Gasteiger partial charge in [-0.15, -0.1) is 13.2 Å². The Hall–Kier alpha value is -0.310. The number of aliphatic imine (C=N–C) groups is 1. The van der Waals surface area contributed by atoms with Crippen molar-refractivity contribution in [1.82, 2.24) is 0 Å². The molecule has 0 aliphatic rings. The topological polar surface area (TPSA) is 36.2 Å². The van der Waals surface area contributed by atoms with Gasteiger partial charge < -0.3 is 12.3 Å². The third kappa shape index (κ3) is 34.4. The van der Waals surface area contributed by atoms with Crippen molar-refractivity contribution in [2.45, 2.75) is 6.92 Å². The third-order valence-electron chi connectivity index (χ3n) is 0.285. The van der Waals surface area contributed by atoms with Gasteiger partial charge in [-0.2, -0.15) is 0 Å². The largest absolute Gasteiger partial charge is 0.339 e. The zero-order chi connectivity index (χ0) is 6.99. The van der Waals surface area contributed by atoms with Crippen LogP contribution in [0.25, 0.3) is 0 Å². The van der Waals surface area contributed by atoms with E-state index in [1.54, 1.807) is 6.92 Å². The van der Waals surface area contributed by atoms with E-state index in [1.165, 1.54) is 6.21 Å². The minimum absolute atomic E-state index is 0. The van der Waals surface area contributed by atoms with Gasteiger partial charge in [-0.1, -0.05) is 0 Å². The van der Waals surface area contributed by atoms with Crippen LogP contribution in [0.4, 0.5) is 0 Å². The van der Waals surface area contributed by atoms with Crippen LogP contribution in [0.2, 0.25) is 0 Å². The fourth-order valence-corrected chi connectivity index (χ4v) is 0.156. The van der Waals surface area contributed by atoms with Gasteiger partial charge in [0, 0.05) is 28.6 Å². The first-order chi connectivity index (χ1) is 3.77.